The zero-order valence-corrected chi connectivity index (χ0v) is 18.0. The van der Waals surface area contributed by atoms with Gasteiger partial charge in [-0.3, -0.25) is 14.7 Å². The van der Waals surface area contributed by atoms with E-state index >= 15 is 0 Å². The molecule has 0 bridgehead atoms. The van der Waals surface area contributed by atoms with E-state index in [1.54, 1.807) is 19.2 Å². The number of nitro benzene ring substituents is 1. The monoisotopic (exact) mass is 452 g/mol. The maximum absolute atomic E-state index is 10.9. The summed E-state index contributed by atoms with van der Waals surface area (Å²) in [4.78, 5) is 10.4. The van der Waals surface area contributed by atoms with E-state index in [4.69, 9.17) is 16.3 Å². The predicted molar refractivity (Wildman–Crippen MR) is 121 cm³/mol. The third kappa shape index (κ3) is 4.70. The second-order valence-electron chi connectivity index (χ2n) is 6.56. The highest BCUT2D eigenvalue weighted by Gasteiger charge is 2.17. The summed E-state index contributed by atoms with van der Waals surface area (Å²) in [7, 11) is 1.62. The molecule has 0 unspecified atom stereocenters. The summed E-state index contributed by atoms with van der Waals surface area (Å²) < 4.78 is 7.21. The standard InChI is InChI=1S/C22H17ClN4O3S/c1-30-20-12-4-16(5-13-20)21-24-25-22(26(21)18-10-6-17(23)7-11-18)31-14-15-2-8-19(9-3-15)27(28)29/h2-13H,14H2,1H3. The van der Waals surface area contributed by atoms with Crippen LogP contribution in [-0.2, 0) is 5.75 Å². The van der Waals surface area contributed by atoms with Crippen molar-refractivity contribution in [3.05, 3.63) is 93.5 Å². The number of methoxy groups -OCH3 is 1. The Labute approximate surface area is 187 Å². The average molecular weight is 453 g/mol. The van der Waals surface area contributed by atoms with Crippen LogP contribution in [0.25, 0.3) is 17.1 Å². The highest BCUT2D eigenvalue weighted by Crippen LogP contribution is 2.31. The smallest absolute Gasteiger partial charge is 0.269 e. The molecule has 1 heterocycles. The Bertz CT molecular complexity index is 1190. The van der Waals surface area contributed by atoms with E-state index in [0.717, 1.165) is 22.6 Å². The molecule has 0 atom stereocenters. The summed E-state index contributed by atoms with van der Waals surface area (Å²) >= 11 is 7.57. The second kappa shape index (κ2) is 9.20. The molecule has 0 fully saturated rings. The molecule has 0 aliphatic carbocycles. The summed E-state index contributed by atoms with van der Waals surface area (Å²) in [5.41, 5.74) is 2.80. The Hall–Kier alpha value is -3.36. The largest absolute Gasteiger partial charge is 0.497 e. The maximum Gasteiger partial charge on any atom is 0.269 e. The number of aromatic nitrogens is 3. The molecule has 0 saturated heterocycles. The normalized spacial score (nSPS) is 10.8. The van der Waals surface area contributed by atoms with Crippen LogP contribution in [0.4, 0.5) is 5.69 Å². The molecule has 0 N–H and O–H groups in total. The van der Waals surface area contributed by atoms with Gasteiger partial charge in [0.15, 0.2) is 11.0 Å². The van der Waals surface area contributed by atoms with E-state index < -0.39 is 4.92 Å². The quantitative estimate of drug-likeness (QED) is 0.200. The number of rotatable bonds is 7. The Balaban J connectivity index is 1.67. The fourth-order valence-corrected chi connectivity index (χ4v) is 4.01. The second-order valence-corrected chi connectivity index (χ2v) is 7.94. The van der Waals surface area contributed by atoms with Gasteiger partial charge in [-0.15, -0.1) is 10.2 Å². The van der Waals surface area contributed by atoms with E-state index in [-0.39, 0.29) is 5.69 Å². The van der Waals surface area contributed by atoms with E-state index in [1.807, 2.05) is 53.1 Å². The highest BCUT2D eigenvalue weighted by atomic mass is 35.5. The van der Waals surface area contributed by atoms with Crippen molar-refractivity contribution in [3.63, 3.8) is 0 Å². The molecular formula is C22H17ClN4O3S. The van der Waals surface area contributed by atoms with Gasteiger partial charge in [0, 0.05) is 34.2 Å². The van der Waals surface area contributed by atoms with Crippen molar-refractivity contribution >= 4 is 29.1 Å². The number of thioether (sulfide) groups is 1. The lowest BCUT2D eigenvalue weighted by molar-refractivity contribution is -0.384. The maximum atomic E-state index is 10.9. The number of non-ortho nitro benzene ring substituents is 1. The molecule has 0 radical (unpaired) electrons. The summed E-state index contributed by atoms with van der Waals surface area (Å²) in [5, 5.41) is 21.0. The van der Waals surface area contributed by atoms with Crippen molar-refractivity contribution in [2.24, 2.45) is 0 Å². The van der Waals surface area contributed by atoms with Gasteiger partial charge in [-0.1, -0.05) is 35.5 Å². The zero-order chi connectivity index (χ0) is 21.8. The van der Waals surface area contributed by atoms with Crippen LogP contribution in [0.15, 0.2) is 78.0 Å². The van der Waals surface area contributed by atoms with Crippen LogP contribution >= 0.6 is 23.4 Å². The third-order valence-corrected chi connectivity index (χ3v) is 5.83. The molecule has 9 heteroatoms. The molecular weight excluding hydrogens is 436 g/mol. The SMILES string of the molecule is COc1ccc(-c2nnc(SCc3ccc([N+](=O)[O-])cc3)n2-c2ccc(Cl)cc2)cc1. The van der Waals surface area contributed by atoms with Gasteiger partial charge >= 0.3 is 0 Å². The fourth-order valence-electron chi connectivity index (χ4n) is 2.98. The first-order valence-corrected chi connectivity index (χ1v) is 10.6. The number of benzene rings is 3. The Morgan fingerprint density at radius 1 is 1.00 bits per heavy atom. The van der Waals surface area contributed by atoms with Gasteiger partial charge < -0.3 is 4.74 Å². The van der Waals surface area contributed by atoms with E-state index in [2.05, 4.69) is 10.2 Å². The van der Waals surface area contributed by atoms with E-state index in [0.29, 0.717) is 21.8 Å². The van der Waals surface area contributed by atoms with Crippen molar-refractivity contribution in [1.82, 2.24) is 14.8 Å². The summed E-state index contributed by atoms with van der Waals surface area (Å²) in [6, 6.07) is 21.6. The lowest BCUT2D eigenvalue weighted by Gasteiger charge is -2.11. The molecule has 3 aromatic carbocycles. The van der Waals surface area contributed by atoms with Crippen molar-refractivity contribution < 1.29 is 9.66 Å². The zero-order valence-electron chi connectivity index (χ0n) is 16.4. The van der Waals surface area contributed by atoms with Crippen LogP contribution in [0.2, 0.25) is 5.02 Å². The summed E-state index contributed by atoms with van der Waals surface area (Å²) in [5.74, 6) is 2.04. The molecule has 0 aliphatic heterocycles. The summed E-state index contributed by atoms with van der Waals surface area (Å²) in [6.45, 7) is 0. The molecule has 156 valence electrons. The van der Waals surface area contributed by atoms with Crippen LogP contribution < -0.4 is 4.74 Å². The topological polar surface area (TPSA) is 83.1 Å². The Morgan fingerprint density at radius 3 is 2.29 bits per heavy atom. The molecule has 1 aromatic heterocycles. The van der Waals surface area contributed by atoms with Gasteiger partial charge in [0.1, 0.15) is 5.75 Å². The first-order chi connectivity index (χ1) is 15.0. The minimum atomic E-state index is -0.408. The van der Waals surface area contributed by atoms with Gasteiger partial charge in [-0.2, -0.15) is 0 Å². The van der Waals surface area contributed by atoms with Crippen LogP contribution in [-0.4, -0.2) is 26.8 Å². The number of hydrogen-bond acceptors (Lipinski definition) is 6. The van der Waals surface area contributed by atoms with Crippen molar-refractivity contribution in [3.8, 4) is 22.8 Å². The van der Waals surface area contributed by atoms with Crippen LogP contribution in [0.3, 0.4) is 0 Å². The first kappa shape index (κ1) is 20.9. The predicted octanol–water partition coefficient (Wildman–Crippen LogP) is 5.80. The number of halogens is 1. The molecule has 31 heavy (non-hydrogen) atoms. The molecule has 0 saturated carbocycles. The first-order valence-electron chi connectivity index (χ1n) is 9.27. The lowest BCUT2D eigenvalue weighted by atomic mass is 10.2. The minimum absolute atomic E-state index is 0.0693. The van der Waals surface area contributed by atoms with Crippen LogP contribution in [0, 0.1) is 10.1 Å². The van der Waals surface area contributed by atoms with Crippen LogP contribution in [0.5, 0.6) is 5.75 Å². The van der Waals surface area contributed by atoms with Crippen molar-refractivity contribution in [1.29, 1.82) is 0 Å². The molecule has 7 nitrogen and oxygen atoms in total. The third-order valence-electron chi connectivity index (χ3n) is 4.58. The fraction of sp³-hybridized carbons (Fsp3) is 0.0909. The van der Waals surface area contributed by atoms with Crippen LogP contribution in [0.1, 0.15) is 5.56 Å². The van der Waals surface area contributed by atoms with Gasteiger partial charge in [0.25, 0.3) is 5.69 Å². The van der Waals surface area contributed by atoms with Crippen molar-refractivity contribution in [2.45, 2.75) is 10.9 Å². The van der Waals surface area contributed by atoms with Gasteiger partial charge in [0.05, 0.1) is 12.0 Å². The average Bonchev–Trinajstić information content (AvgIpc) is 3.22. The number of nitrogens with zero attached hydrogens (tertiary/aromatic N) is 4. The number of nitro groups is 1. The molecule has 4 aromatic rings. The van der Waals surface area contributed by atoms with Gasteiger partial charge in [-0.25, -0.2) is 0 Å². The number of hydrogen-bond donors (Lipinski definition) is 0. The van der Waals surface area contributed by atoms with E-state index in [1.165, 1.54) is 23.9 Å². The molecule has 0 aliphatic rings. The Kier molecular flexibility index (Phi) is 6.20. The van der Waals surface area contributed by atoms with Gasteiger partial charge in [0.2, 0.25) is 0 Å². The highest BCUT2D eigenvalue weighted by molar-refractivity contribution is 7.98. The van der Waals surface area contributed by atoms with Gasteiger partial charge in [-0.05, 0) is 54.1 Å². The minimum Gasteiger partial charge on any atom is -0.497 e. The molecule has 0 amide bonds. The van der Waals surface area contributed by atoms with Crippen molar-refractivity contribution in [2.75, 3.05) is 7.11 Å². The Morgan fingerprint density at radius 2 is 1.68 bits per heavy atom. The van der Waals surface area contributed by atoms with E-state index in [9.17, 15) is 10.1 Å². The molecule has 4 rings (SSSR count). The number of ether oxygens (including phenoxy) is 1. The summed E-state index contributed by atoms with van der Waals surface area (Å²) in [6.07, 6.45) is 0. The molecule has 0 spiro atoms. The lowest BCUT2D eigenvalue weighted by Crippen LogP contribution is -2.00.